The lowest BCUT2D eigenvalue weighted by Crippen LogP contribution is -2.09. The van der Waals surface area contributed by atoms with Crippen LogP contribution in [0.25, 0.3) is 0 Å². The second-order valence-electron chi connectivity index (χ2n) is 3.94. The summed E-state index contributed by atoms with van der Waals surface area (Å²) in [4.78, 5) is 23.2. The Bertz CT molecular complexity index is 711. The van der Waals surface area contributed by atoms with Gasteiger partial charge in [0, 0.05) is 6.20 Å². The molecule has 0 heterocycles. The zero-order valence-electron chi connectivity index (χ0n) is 12.1. The van der Waals surface area contributed by atoms with E-state index in [0.717, 1.165) is 13.3 Å². The van der Waals surface area contributed by atoms with Crippen LogP contribution in [-0.2, 0) is 14.3 Å². The van der Waals surface area contributed by atoms with Gasteiger partial charge < -0.3 is 14.8 Å². The molecule has 0 aliphatic carbocycles. The summed E-state index contributed by atoms with van der Waals surface area (Å²) in [7, 11) is 1.14. The van der Waals surface area contributed by atoms with E-state index in [0.29, 0.717) is 0 Å². The molecule has 0 spiro atoms. The van der Waals surface area contributed by atoms with Crippen LogP contribution in [0.15, 0.2) is 17.8 Å². The molecule has 1 aromatic carbocycles. The van der Waals surface area contributed by atoms with Crippen LogP contribution in [0, 0.1) is 11.3 Å². The lowest BCUT2D eigenvalue weighted by Gasteiger charge is -2.12. The number of nitrogens with one attached hydrogen (secondary N) is 1. The number of carbonyl (C=O) groups excluding carboxylic acids is 2. The molecule has 6 nitrogen and oxygen atoms in total. The zero-order valence-corrected chi connectivity index (χ0v) is 14.3. The highest BCUT2D eigenvalue weighted by molar-refractivity contribution is 6.47. The predicted molar refractivity (Wildman–Crippen MR) is 86.8 cm³/mol. The van der Waals surface area contributed by atoms with Crippen molar-refractivity contribution in [3.63, 3.8) is 0 Å². The number of esters is 2. The Labute approximate surface area is 147 Å². The third kappa shape index (κ3) is 4.52. The van der Waals surface area contributed by atoms with Crippen LogP contribution < -0.4 is 5.32 Å². The first-order valence-corrected chi connectivity index (χ1v) is 7.30. The van der Waals surface area contributed by atoms with Crippen molar-refractivity contribution in [3.05, 3.63) is 38.5 Å². The molecule has 9 heteroatoms. The van der Waals surface area contributed by atoms with E-state index in [2.05, 4.69) is 10.1 Å². The molecule has 0 unspecified atom stereocenters. The third-order valence-corrected chi connectivity index (χ3v) is 3.71. The summed E-state index contributed by atoms with van der Waals surface area (Å²) in [5.74, 6) is -1.58. The highest BCUT2D eigenvalue weighted by atomic mass is 35.5. The van der Waals surface area contributed by atoms with Crippen LogP contribution >= 0.6 is 34.8 Å². The summed E-state index contributed by atoms with van der Waals surface area (Å²) in [5, 5.41) is 11.4. The fourth-order valence-electron chi connectivity index (χ4n) is 1.49. The SMILES string of the molecule is CCOC(=O)c1c(Cl)c(Cl)cc(NC=C(C#N)C(=O)OC)c1Cl. The van der Waals surface area contributed by atoms with E-state index in [-0.39, 0.29) is 38.5 Å². The van der Waals surface area contributed by atoms with Crippen molar-refractivity contribution in [1.29, 1.82) is 5.26 Å². The number of benzene rings is 1. The Morgan fingerprint density at radius 3 is 2.52 bits per heavy atom. The van der Waals surface area contributed by atoms with Crippen molar-refractivity contribution in [1.82, 2.24) is 0 Å². The molecule has 0 bridgehead atoms. The van der Waals surface area contributed by atoms with Gasteiger partial charge in [-0.25, -0.2) is 9.59 Å². The second-order valence-corrected chi connectivity index (χ2v) is 5.10. The molecule has 0 amide bonds. The Morgan fingerprint density at radius 1 is 1.35 bits per heavy atom. The molecule has 0 aliphatic heterocycles. The summed E-state index contributed by atoms with van der Waals surface area (Å²) < 4.78 is 9.30. The van der Waals surface area contributed by atoms with E-state index in [1.54, 1.807) is 13.0 Å². The Hall–Kier alpha value is -1.94. The van der Waals surface area contributed by atoms with Crippen molar-refractivity contribution in [2.24, 2.45) is 0 Å². The third-order valence-electron chi connectivity index (χ3n) is 2.53. The van der Waals surface area contributed by atoms with E-state index in [4.69, 9.17) is 44.8 Å². The lowest BCUT2D eigenvalue weighted by atomic mass is 10.2. The van der Waals surface area contributed by atoms with Crippen molar-refractivity contribution < 1.29 is 19.1 Å². The summed E-state index contributed by atoms with van der Waals surface area (Å²) in [6.45, 7) is 1.75. The molecule has 0 fully saturated rings. The molecule has 122 valence electrons. The Kier molecular flexibility index (Phi) is 7.17. The maximum Gasteiger partial charge on any atom is 0.350 e. The molecule has 0 aromatic heterocycles. The van der Waals surface area contributed by atoms with Crippen molar-refractivity contribution in [2.75, 3.05) is 19.0 Å². The first-order valence-electron chi connectivity index (χ1n) is 6.17. The fraction of sp³-hybridized carbons (Fsp3) is 0.214. The number of hydrogen-bond acceptors (Lipinski definition) is 6. The van der Waals surface area contributed by atoms with Gasteiger partial charge in [0.05, 0.1) is 34.5 Å². The number of rotatable bonds is 5. The van der Waals surface area contributed by atoms with Gasteiger partial charge in [0.15, 0.2) is 5.57 Å². The van der Waals surface area contributed by atoms with Gasteiger partial charge in [-0.15, -0.1) is 0 Å². The minimum absolute atomic E-state index is 0.0478. The minimum Gasteiger partial charge on any atom is -0.465 e. The fourth-order valence-corrected chi connectivity index (χ4v) is 2.25. The molecule has 1 N–H and O–H groups in total. The summed E-state index contributed by atoms with van der Waals surface area (Å²) in [6, 6.07) is 3.00. The molecule has 23 heavy (non-hydrogen) atoms. The largest absolute Gasteiger partial charge is 0.465 e. The average molecular weight is 378 g/mol. The van der Waals surface area contributed by atoms with Crippen molar-refractivity contribution in [3.8, 4) is 6.07 Å². The number of ether oxygens (including phenoxy) is 2. The summed E-state index contributed by atoms with van der Waals surface area (Å²) in [5.41, 5.74) is -0.247. The number of nitrogens with zero attached hydrogens (tertiary/aromatic N) is 1. The van der Waals surface area contributed by atoms with Gasteiger partial charge in [-0.3, -0.25) is 0 Å². The van der Waals surface area contributed by atoms with E-state index < -0.39 is 11.9 Å². The minimum atomic E-state index is -0.832. The van der Waals surface area contributed by atoms with Crippen LogP contribution in [-0.4, -0.2) is 25.7 Å². The lowest BCUT2D eigenvalue weighted by molar-refractivity contribution is -0.135. The van der Waals surface area contributed by atoms with Gasteiger partial charge in [0.1, 0.15) is 11.6 Å². The van der Waals surface area contributed by atoms with Gasteiger partial charge in [-0.2, -0.15) is 5.26 Å². The Balaban J connectivity index is 3.29. The highest BCUT2D eigenvalue weighted by Gasteiger charge is 2.22. The monoisotopic (exact) mass is 376 g/mol. The smallest absolute Gasteiger partial charge is 0.350 e. The van der Waals surface area contributed by atoms with Crippen molar-refractivity contribution >= 4 is 52.4 Å². The number of carbonyl (C=O) groups is 2. The molecular weight excluding hydrogens is 367 g/mol. The maximum absolute atomic E-state index is 11.9. The average Bonchev–Trinajstić information content (AvgIpc) is 2.52. The molecule has 0 saturated heterocycles. The van der Waals surface area contributed by atoms with Gasteiger partial charge in [0.25, 0.3) is 0 Å². The maximum atomic E-state index is 11.9. The van der Waals surface area contributed by atoms with Gasteiger partial charge >= 0.3 is 11.9 Å². The van der Waals surface area contributed by atoms with Gasteiger partial charge in [0.2, 0.25) is 0 Å². The molecule has 0 saturated carbocycles. The number of methoxy groups -OCH3 is 1. The number of anilines is 1. The van der Waals surface area contributed by atoms with Crippen LogP contribution in [0.4, 0.5) is 5.69 Å². The second kappa shape index (κ2) is 8.63. The summed E-state index contributed by atoms with van der Waals surface area (Å²) in [6.07, 6.45) is 1.08. The molecule has 1 aromatic rings. The standard InChI is InChI=1S/C14H11Cl3N2O4/c1-3-23-14(21)10-11(16)8(15)4-9(12(10)17)19-6-7(5-18)13(20)22-2/h4,6,19H,3H2,1-2H3. The molecule has 0 aliphatic rings. The van der Waals surface area contributed by atoms with Crippen LogP contribution in [0.1, 0.15) is 17.3 Å². The van der Waals surface area contributed by atoms with Crippen LogP contribution in [0.3, 0.4) is 0 Å². The topological polar surface area (TPSA) is 88.4 Å². The van der Waals surface area contributed by atoms with Gasteiger partial charge in [-0.05, 0) is 13.0 Å². The highest BCUT2D eigenvalue weighted by Crippen LogP contribution is 2.38. The van der Waals surface area contributed by atoms with Crippen LogP contribution in [0.5, 0.6) is 0 Å². The predicted octanol–water partition coefficient (Wildman–Crippen LogP) is 3.82. The first-order chi connectivity index (χ1) is 10.9. The molecule has 0 atom stereocenters. The molecule has 0 radical (unpaired) electrons. The first kappa shape index (κ1) is 19.1. The van der Waals surface area contributed by atoms with E-state index in [1.165, 1.54) is 6.07 Å². The number of halogens is 3. The molecular formula is C14H11Cl3N2O4. The van der Waals surface area contributed by atoms with Crippen LogP contribution in [0.2, 0.25) is 15.1 Å². The van der Waals surface area contributed by atoms with Gasteiger partial charge in [-0.1, -0.05) is 34.8 Å². The molecule has 1 rings (SSSR count). The van der Waals surface area contributed by atoms with E-state index in [9.17, 15) is 9.59 Å². The number of hydrogen-bond donors (Lipinski definition) is 1. The van der Waals surface area contributed by atoms with Crippen molar-refractivity contribution in [2.45, 2.75) is 6.92 Å². The Morgan fingerprint density at radius 2 is 2.00 bits per heavy atom. The number of nitriles is 1. The summed E-state index contributed by atoms with van der Waals surface area (Å²) >= 11 is 18.1. The zero-order chi connectivity index (χ0) is 17.6. The van der Waals surface area contributed by atoms with E-state index in [1.807, 2.05) is 0 Å². The quantitative estimate of drug-likeness (QED) is 0.363. The van der Waals surface area contributed by atoms with E-state index >= 15 is 0 Å². The normalized spacial score (nSPS) is 10.7.